The molecule has 1 heterocycles. The molecule has 6 nitrogen and oxygen atoms in total. The second-order valence-electron chi connectivity index (χ2n) is 6.33. The molecule has 0 saturated carbocycles. The Labute approximate surface area is 179 Å². The first-order valence-electron chi connectivity index (χ1n) is 9.13. The van der Waals surface area contributed by atoms with Crippen LogP contribution in [0.3, 0.4) is 0 Å². The first kappa shape index (κ1) is 22.6. The van der Waals surface area contributed by atoms with E-state index in [4.69, 9.17) is 25.5 Å². The maximum atomic E-state index is 13.1. The third kappa shape index (κ3) is 5.18. The van der Waals surface area contributed by atoms with E-state index >= 15 is 0 Å². The molecule has 0 unspecified atom stereocenters. The molecule has 3 rings (SSSR count). The van der Waals surface area contributed by atoms with Gasteiger partial charge in [0.1, 0.15) is 5.58 Å². The molecule has 0 bridgehead atoms. The number of amides is 1. The third-order valence-electron chi connectivity index (χ3n) is 4.25. The molecular weight excluding hydrogens is 439 g/mol. The lowest BCUT2D eigenvalue weighted by Crippen LogP contribution is -2.23. The molecule has 0 spiro atoms. The summed E-state index contributed by atoms with van der Waals surface area (Å²) in [4.78, 5) is 24.6. The lowest BCUT2D eigenvalue weighted by molar-refractivity contribution is -0.137. The number of carbonyl (C=O) groups is 2. The van der Waals surface area contributed by atoms with Crippen molar-refractivity contribution in [3.63, 3.8) is 0 Å². The summed E-state index contributed by atoms with van der Waals surface area (Å²) in [6, 6.07) is 9.98. The van der Waals surface area contributed by atoms with Crippen molar-refractivity contribution < 1.29 is 36.7 Å². The van der Waals surface area contributed by atoms with Gasteiger partial charge in [0.2, 0.25) is 5.76 Å². The van der Waals surface area contributed by atoms with Crippen LogP contribution in [0, 0.1) is 0 Å². The Kier molecular flexibility index (Phi) is 6.87. The van der Waals surface area contributed by atoms with E-state index in [1.54, 1.807) is 31.2 Å². The van der Waals surface area contributed by atoms with Crippen molar-refractivity contribution in [2.24, 2.45) is 0 Å². The summed E-state index contributed by atoms with van der Waals surface area (Å²) in [7, 11) is 0. The highest BCUT2D eigenvalue weighted by atomic mass is 35.5. The van der Waals surface area contributed by atoms with E-state index in [-0.39, 0.29) is 17.4 Å². The van der Waals surface area contributed by atoms with Crippen molar-refractivity contribution in [2.75, 3.05) is 18.5 Å². The smallest absolute Gasteiger partial charge is 0.418 e. The minimum Gasteiger partial charge on any atom is -0.450 e. The zero-order valence-corrected chi connectivity index (χ0v) is 17.0. The van der Waals surface area contributed by atoms with E-state index in [1.807, 2.05) is 5.32 Å². The van der Waals surface area contributed by atoms with Gasteiger partial charge in [-0.15, -0.1) is 0 Å². The van der Waals surface area contributed by atoms with Crippen molar-refractivity contribution >= 4 is 40.1 Å². The van der Waals surface area contributed by atoms with Crippen molar-refractivity contribution in [3.05, 3.63) is 64.4 Å². The maximum absolute atomic E-state index is 13.1. The highest BCUT2D eigenvalue weighted by molar-refractivity contribution is 6.34. The summed E-state index contributed by atoms with van der Waals surface area (Å²) in [5.41, 5.74) is -0.845. The fraction of sp³-hybridized carbons (Fsp3) is 0.238. The number of anilines is 1. The van der Waals surface area contributed by atoms with Gasteiger partial charge in [0.15, 0.2) is 6.61 Å². The van der Waals surface area contributed by atoms with Gasteiger partial charge in [-0.25, -0.2) is 4.79 Å². The van der Waals surface area contributed by atoms with Gasteiger partial charge in [0.05, 0.1) is 22.9 Å². The fourth-order valence-electron chi connectivity index (χ4n) is 2.87. The number of alkyl halides is 3. The monoisotopic (exact) mass is 455 g/mol. The topological polar surface area (TPSA) is 77.8 Å². The fourth-order valence-corrected chi connectivity index (χ4v) is 3.09. The van der Waals surface area contributed by atoms with E-state index < -0.39 is 35.9 Å². The first-order chi connectivity index (χ1) is 14.7. The van der Waals surface area contributed by atoms with Crippen LogP contribution in [0.15, 0.2) is 46.9 Å². The zero-order valence-electron chi connectivity index (χ0n) is 16.2. The van der Waals surface area contributed by atoms with Crippen molar-refractivity contribution in [2.45, 2.75) is 19.7 Å². The average molecular weight is 456 g/mol. The van der Waals surface area contributed by atoms with Crippen LogP contribution in [-0.2, 0) is 27.1 Å². The molecule has 0 aliphatic rings. The van der Waals surface area contributed by atoms with Gasteiger partial charge < -0.3 is 19.2 Å². The van der Waals surface area contributed by atoms with E-state index in [0.717, 1.165) is 12.1 Å². The highest BCUT2D eigenvalue weighted by Gasteiger charge is 2.35. The van der Waals surface area contributed by atoms with Gasteiger partial charge in [-0.3, -0.25) is 4.79 Å². The van der Waals surface area contributed by atoms with Gasteiger partial charge >= 0.3 is 12.1 Å². The summed E-state index contributed by atoms with van der Waals surface area (Å²) < 4.78 is 55.3. The number of esters is 1. The molecule has 1 aromatic heterocycles. The lowest BCUT2D eigenvalue weighted by Gasteiger charge is -2.15. The van der Waals surface area contributed by atoms with Gasteiger partial charge in [0, 0.05) is 17.6 Å². The summed E-state index contributed by atoms with van der Waals surface area (Å²) in [5, 5.41) is 2.40. The molecular formula is C21H17ClF3NO5. The van der Waals surface area contributed by atoms with Crippen LogP contribution >= 0.6 is 11.6 Å². The van der Waals surface area contributed by atoms with E-state index in [1.165, 1.54) is 6.07 Å². The normalized spacial score (nSPS) is 11.5. The van der Waals surface area contributed by atoms with Gasteiger partial charge in [-0.1, -0.05) is 35.9 Å². The number of nitrogens with one attached hydrogen (secondary N) is 1. The number of carbonyl (C=O) groups excluding carboxylic acids is 2. The Morgan fingerprint density at radius 3 is 2.58 bits per heavy atom. The molecule has 0 aliphatic heterocycles. The second-order valence-corrected chi connectivity index (χ2v) is 6.73. The summed E-state index contributed by atoms with van der Waals surface area (Å²) in [6.07, 6.45) is -4.73. The summed E-state index contributed by atoms with van der Waals surface area (Å²) >= 11 is 5.80. The number of furan rings is 1. The van der Waals surface area contributed by atoms with E-state index in [9.17, 15) is 22.8 Å². The number of para-hydroxylation sites is 2. The van der Waals surface area contributed by atoms with Crippen LogP contribution < -0.4 is 5.32 Å². The molecule has 0 fully saturated rings. The SMILES string of the molecule is CCOCc1c(C(=O)OCC(=O)Nc2c(Cl)cccc2C(F)(F)F)oc2ccccc12. The molecule has 0 atom stereocenters. The predicted octanol–water partition coefficient (Wildman–Crippen LogP) is 5.44. The number of halogens is 4. The van der Waals surface area contributed by atoms with Crippen LogP contribution in [0.4, 0.5) is 18.9 Å². The Balaban J connectivity index is 1.74. The Morgan fingerprint density at radius 1 is 1.13 bits per heavy atom. The van der Waals surface area contributed by atoms with Crippen LogP contribution in [0.25, 0.3) is 11.0 Å². The molecule has 1 N–H and O–H groups in total. The molecule has 1 amide bonds. The number of hydrogen-bond acceptors (Lipinski definition) is 5. The number of rotatable bonds is 7. The van der Waals surface area contributed by atoms with Gasteiger partial charge in [-0.05, 0) is 25.1 Å². The standard InChI is InChI=1S/C21H17ClF3NO5/c1-2-29-10-13-12-6-3-4-9-16(12)31-19(13)20(28)30-11-17(27)26-18-14(21(23,24)25)7-5-8-15(18)22/h3-9H,2,10-11H2,1H3,(H,26,27). The molecule has 2 aromatic carbocycles. The van der Waals surface area contributed by atoms with Crippen LogP contribution in [-0.4, -0.2) is 25.1 Å². The largest absolute Gasteiger partial charge is 0.450 e. The van der Waals surface area contributed by atoms with Crippen molar-refractivity contribution in [1.82, 2.24) is 0 Å². The number of benzene rings is 2. The molecule has 10 heteroatoms. The summed E-state index contributed by atoms with van der Waals surface area (Å²) in [6.45, 7) is 1.43. The van der Waals surface area contributed by atoms with Crippen LogP contribution in [0.2, 0.25) is 5.02 Å². The molecule has 0 radical (unpaired) electrons. The Bertz CT molecular complexity index is 1110. The molecule has 0 aliphatic carbocycles. The van der Waals surface area contributed by atoms with Gasteiger partial charge in [0.25, 0.3) is 5.91 Å². The predicted molar refractivity (Wildman–Crippen MR) is 107 cm³/mol. The zero-order chi connectivity index (χ0) is 22.6. The third-order valence-corrected chi connectivity index (χ3v) is 4.57. The first-order valence-corrected chi connectivity index (χ1v) is 9.51. The Morgan fingerprint density at radius 2 is 1.87 bits per heavy atom. The summed E-state index contributed by atoms with van der Waals surface area (Å²) in [5.74, 6) is -2.08. The molecule has 0 saturated heterocycles. The van der Waals surface area contributed by atoms with Gasteiger partial charge in [-0.2, -0.15) is 13.2 Å². The van der Waals surface area contributed by atoms with E-state index in [2.05, 4.69) is 0 Å². The minimum atomic E-state index is -4.73. The molecule has 31 heavy (non-hydrogen) atoms. The van der Waals surface area contributed by atoms with Crippen molar-refractivity contribution in [1.29, 1.82) is 0 Å². The second kappa shape index (κ2) is 9.40. The number of ether oxygens (including phenoxy) is 2. The Hall–Kier alpha value is -3.04. The van der Waals surface area contributed by atoms with E-state index in [0.29, 0.717) is 23.1 Å². The maximum Gasteiger partial charge on any atom is 0.418 e. The average Bonchev–Trinajstić information content (AvgIpc) is 3.09. The minimum absolute atomic E-state index is 0.0821. The lowest BCUT2D eigenvalue weighted by atomic mass is 10.1. The van der Waals surface area contributed by atoms with Crippen molar-refractivity contribution in [3.8, 4) is 0 Å². The van der Waals surface area contributed by atoms with Crippen LogP contribution in [0.5, 0.6) is 0 Å². The quantitative estimate of drug-likeness (QED) is 0.480. The molecule has 3 aromatic rings. The highest BCUT2D eigenvalue weighted by Crippen LogP contribution is 2.38. The molecule has 164 valence electrons. The number of fused-ring (bicyclic) bond motifs is 1. The number of hydrogen-bond donors (Lipinski definition) is 1. The van der Waals surface area contributed by atoms with Crippen LogP contribution in [0.1, 0.15) is 28.6 Å².